The van der Waals surface area contributed by atoms with Gasteiger partial charge in [-0.15, -0.1) is 0 Å². The maximum Gasteiger partial charge on any atom is 0.268 e. The van der Waals surface area contributed by atoms with Crippen LogP contribution in [0.4, 0.5) is 10.1 Å². The number of nitrogens with zero attached hydrogens (tertiary/aromatic N) is 5. The number of ether oxygens (including phenoxy) is 1. The van der Waals surface area contributed by atoms with Crippen LogP contribution < -0.4 is 9.64 Å². The first kappa shape index (κ1) is 24.4. The van der Waals surface area contributed by atoms with E-state index in [0.29, 0.717) is 17.9 Å². The van der Waals surface area contributed by atoms with Gasteiger partial charge in [-0.2, -0.15) is 5.10 Å². The molecular formula is C28H28FN5O4. The topological polar surface area (TPSA) is 114 Å². The second-order valence-electron chi connectivity index (χ2n) is 10.3. The Hall–Kier alpha value is -3.89. The second kappa shape index (κ2) is 8.57. The number of carbonyl (C=O) groups is 1. The normalized spacial score (nSPS) is 24.7. The quantitative estimate of drug-likeness (QED) is 0.416. The Bertz CT molecular complexity index is 1560. The van der Waals surface area contributed by atoms with Crippen LogP contribution in [0.3, 0.4) is 0 Å². The molecule has 0 spiro atoms. The number of hydrogen-bond donors (Lipinski definition) is 2. The number of halogens is 1. The van der Waals surface area contributed by atoms with Crippen molar-refractivity contribution < 1.29 is 24.1 Å². The molecule has 0 radical (unpaired) electrons. The van der Waals surface area contributed by atoms with Gasteiger partial charge in [-0.1, -0.05) is 19.1 Å². The van der Waals surface area contributed by atoms with Crippen LogP contribution in [0.1, 0.15) is 44.6 Å². The van der Waals surface area contributed by atoms with Crippen molar-refractivity contribution >= 4 is 22.5 Å². The molecule has 0 saturated heterocycles. The van der Waals surface area contributed by atoms with Gasteiger partial charge in [0.15, 0.2) is 23.5 Å². The van der Waals surface area contributed by atoms with E-state index in [0.717, 1.165) is 27.7 Å². The summed E-state index contributed by atoms with van der Waals surface area (Å²) in [5.41, 5.74) is 1.41. The van der Waals surface area contributed by atoms with Gasteiger partial charge in [0.05, 0.1) is 29.0 Å². The maximum absolute atomic E-state index is 14.5. The van der Waals surface area contributed by atoms with Gasteiger partial charge in [0.2, 0.25) is 0 Å². The van der Waals surface area contributed by atoms with Crippen LogP contribution in [0.25, 0.3) is 22.0 Å². The lowest BCUT2D eigenvalue weighted by Gasteiger charge is -2.48. The molecule has 1 fully saturated rings. The van der Waals surface area contributed by atoms with E-state index < -0.39 is 23.1 Å². The van der Waals surface area contributed by atoms with E-state index in [1.165, 1.54) is 11.0 Å². The lowest BCUT2D eigenvalue weighted by atomic mass is 9.65. The second-order valence-corrected chi connectivity index (χ2v) is 10.3. The van der Waals surface area contributed by atoms with E-state index in [1.807, 2.05) is 32.2 Å². The van der Waals surface area contributed by atoms with Crippen LogP contribution in [0.5, 0.6) is 5.75 Å². The summed E-state index contributed by atoms with van der Waals surface area (Å²) >= 11 is 0. The van der Waals surface area contributed by atoms with Crippen LogP contribution >= 0.6 is 0 Å². The lowest BCUT2D eigenvalue weighted by Crippen LogP contribution is -2.55. The van der Waals surface area contributed by atoms with Crippen molar-refractivity contribution in [3.63, 3.8) is 0 Å². The first-order chi connectivity index (χ1) is 18.1. The molecule has 2 aromatic heterocycles. The molecule has 2 N–H and O–H groups in total. The molecule has 1 aliphatic heterocycles. The summed E-state index contributed by atoms with van der Waals surface area (Å²) in [5.74, 6) is -0.414. The third-order valence-corrected chi connectivity index (χ3v) is 7.71. The number of anilines is 1. The number of aliphatic hydroxyl groups is 2. The number of carbonyl (C=O) groups excluding carboxylic acids is 1. The minimum atomic E-state index is -1.22. The highest BCUT2D eigenvalue weighted by atomic mass is 19.1. The van der Waals surface area contributed by atoms with E-state index in [1.54, 1.807) is 36.1 Å². The summed E-state index contributed by atoms with van der Waals surface area (Å²) < 4.78 is 21.7. The van der Waals surface area contributed by atoms with Crippen LogP contribution in [-0.4, -0.2) is 47.6 Å². The van der Waals surface area contributed by atoms with Gasteiger partial charge in [0.25, 0.3) is 5.91 Å². The van der Waals surface area contributed by atoms with Crippen LogP contribution in [-0.2, 0) is 24.0 Å². The molecule has 1 aliphatic carbocycles. The SMILES string of the molecule is CC[C@]1(O)C[C@](O)(c2ncc(-c3ccc4nn(C)c(CN5C(=O)[C@@H](C)Oc6c(F)cccc65)c4c3)cn2)C1. The van der Waals surface area contributed by atoms with Crippen molar-refractivity contribution in [2.75, 3.05) is 4.90 Å². The number of rotatable bonds is 5. The van der Waals surface area contributed by atoms with Gasteiger partial charge in [0, 0.05) is 43.2 Å². The first-order valence-corrected chi connectivity index (χ1v) is 12.6. The van der Waals surface area contributed by atoms with E-state index in [4.69, 9.17) is 4.74 Å². The third-order valence-electron chi connectivity index (χ3n) is 7.71. The maximum atomic E-state index is 14.5. The van der Waals surface area contributed by atoms with Gasteiger partial charge in [-0.05, 0) is 43.2 Å². The Morgan fingerprint density at radius 1 is 1.13 bits per heavy atom. The molecule has 9 nitrogen and oxygen atoms in total. The molecule has 1 saturated carbocycles. The van der Waals surface area contributed by atoms with E-state index >= 15 is 0 Å². The first-order valence-electron chi connectivity index (χ1n) is 12.6. The molecule has 1 atom stereocenters. The fourth-order valence-electron chi connectivity index (χ4n) is 5.49. The summed E-state index contributed by atoms with van der Waals surface area (Å²) in [6, 6.07) is 10.3. The number of fused-ring (bicyclic) bond motifs is 2. The number of amides is 1. The minimum Gasteiger partial charge on any atom is -0.476 e. The van der Waals surface area contributed by atoms with Crippen LogP contribution in [0, 0.1) is 5.82 Å². The minimum absolute atomic E-state index is 0.0643. The molecule has 196 valence electrons. The zero-order valence-corrected chi connectivity index (χ0v) is 21.3. The highest BCUT2D eigenvalue weighted by Crippen LogP contribution is 2.48. The number of aryl methyl sites for hydroxylation is 1. The van der Waals surface area contributed by atoms with Gasteiger partial charge in [0.1, 0.15) is 5.60 Å². The molecule has 10 heteroatoms. The van der Waals surface area contributed by atoms with Gasteiger partial charge >= 0.3 is 0 Å². The van der Waals surface area contributed by atoms with Crippen LogP contribution in [0.2, 0.25) is 0 Å². The Morgan fingerprint density at radius 2 is 1.87 bits per heavy atom. The smallest absolute Gasteiger partial charge is 0.268 e. The third kappa shape index (κ3) is 3.83. The van der Waals surface area contributed by atoms with Gasteiger partial charge < -0.3 is 14.9 Å². The molecule has 4 aromatic rings. The predicted octanol–water partition coefficient (Wildman–Crippen LogP) is 3.61. The van der Waals surface area contributed by atoms with Crippen molar-refractivity contribution in [2.45, 2.75) is 57.0 Å². The Balaban J connectivity index is 1.33. The zero-order chi connectivity index (χ0) is 26.8. The number of hydrogen-bond acceptors (Lipinski definition) is 7. The van der Waals surface area contributed by atoms with Crippen molar-refractivity contribution in [3.8, 4) is 16.9 Å². The molecule has 3 heterocycles. The highest BCUT2D eigenvalue weighted by Gasteiger charge is 2.54. The molecule has 2 aromatic carbocycles. The molecule has 2 aliphatic rings. The molecule has 38 heavy (non-hydrogen) atoms. The molecule has 0 unspecified atom stereocenters. The van der Waals surface area contributed by atoms with Gasteiger partial charge in [-0.25, -0.2) is 14.4 Å². The van der Waals surface area contributed by atoms with Crippen molar-refractivity contribution in [2.24, 2.45) is 7.05 Å². The monoisotopic (exact) mass is 517 g/mol. The largest absolute Gasteiger partial charge is 0.476 e. The summed E-state index contributed by atoms with van der Waals surface area (Å²) in [6.07, 6.45) is 3.50. The summed E-state index contributed by atoms with van der Waals surface area (Å²) in [6.45, 7) is 3.68. The Morgan fingerprint density at radius 3 is 2.58 bits per heavy atom. The van der Waals surface area contributed by atoms with Crippen molar-refractivity contribution in [1.29, 1.82) is 0 Å². The van der Waals surface area contributed by atoms with E-state index in [-0.39, 0.29) is 31.0 Å². The number of para-hydroxylation sites is 1. The fraction of sp³-hybridized carbons (Fsp3) is 0.357. The van der Waals surface area contributed by atoms with Crippen molar-refractivity contribution in [3.05, 3.63) is 66.1 Å². The summed E-state index contributed by atoms with van der Waals surface area (Å²) in [4.78, 5) is 23.4. The van der Waals surface area contributed by atoms with E-state index in [2.05, 4.69) is 15.1 Å². The fourth-order valence-corrected chi connectivity index (χ4v) is 5.49. The van der Waals surface area contributed by atoms with E-state index in [9.17, 15) is 19.4 Å². The molecule has 0 bridgehead atoms. The highest BCUT2D eigenvalue weighted by molar-refractivity contribution is 6.00. The molecule has 1 amide bonds. The Labute approximate surface area is 218 Å². The predicted molar refractivity (Wildman–Crippen MR) is 138 cm³/mol. The average molecular weight is 518 g/mol. The molecule has 6 rings (SSSR count). The average Bonchev–Trinajstić information content (AvgIpc) is 3.20. The lowest BCUT2D eigenvalue weighted by molar-refractivity contribution is -0.190. The number of aromatic nitrogens is 4. The van der Waals surface area contributed by atoms with Crippen LogP contribution in [0.15, 0.2) is 48.8 Å². The van der Waals surface area contributed by atoms with Crippen molar-refractivity contribution in [1.82, 2.24) is 19.7 Å². The number of benzene rings is 2. The Kier molecular flexibility index (Phi) is 5.51. The summed E-state index contributed by atoms with van der Waals surface area (Å²) in [7, 11) is 1.81. The standard InChI is InChI=1S/C28H28FN5O4/c1-4-27(36)14-28(37,15-27)26-30-11-18(12-31-26)17-8-9-21-19(10-17)23(33(3)32-21)13-34-22-7-5-6-20(29)24(22)38-16(2)25(34)35/h5-12,16,36-37H,4,13-15H2,1-3H3/t16-,27-,28+/m1/s1. The summed E-state index contributed by atoms with van der Waals surface area (Å²) in [5, 5.41) is 26.6. The van der Waals surface area contributed by atoms with Gasteiger partial charge in [-0.3, -0.25) is 14.4 Å². The molecular weight excluding hydrogens is 489 g/mol. The zero-order valence-electron chi connectivity index (χ0n) is 21.3.